The Hall–Kier alpha value is -1.07. The Morgan fingerprint density at radius 3 is 2.55 bits per heavy atom. The van der Waals surface area contributed by atoms with E-state index in [0.717, 1.165) is 19.3 Å². The molecule has 2 rings (SSSR count). The lowest BCUT2D eigenvalue weighted by molar-refractivity contribution is 0.315. The zero-order valence-electron chi connectivity index (χ0n) is 12.5. The zero-order chi connectivity index (χ0) is 15.0. The molecule has 0 amide bonds. The topological polar surface area (TPSA) is 63.4 Å². The molecule has 112 valence electrons. The van der Waals surface area contributed by atoms with Crippen LogP contribution in [-0.2, 0) is 10.0 Å². The van der Waals surface area contributed by atoms with Crippen LogP contribution in [0.3, 0.4) is 0 Å². The second-order valence-corrected chi connectivity index (χ2v) is 8.35. The van der Waals surface area contributed by atoms with E-state index in [2.05, 4.69) is 13.8 Å². The molecule has 1 fully saturated rings. The van der Waals surface area contributed by atoms with Gasteiger partial charge in [-0.25, -0.2) is 8.42 Å². The summed E-state index contributed by atoms with van der Waals surface area (Å²) in [7, 11) is -3.41. The predicted molar refractivity (Wildman–Crippen MR) is 82.0 cm³/mol. The van der Waals surface area contributed by atoms with Crippen molar-refractivity contribution in [2.45, 2.75) is 44.9 Å². The van der Waals surface area contributed by atoms with E-state index >= 15 is 0 Å². The predicted octanol–water partition coefficient (Wildman–Crippen LogP) is 2.78. The second-order valence-electron chi connectivity index (χ2n) is 6.45. The van der Waals surface area contributed by atoms with Gasteiger partial charge < -0.3 is 5.73 Å². The highest BCUT2D eigenvalue weighted by atomic mass is 32.2. The molecule has 0 saturated carbocycles. The third-order valence-corrected chi connectivity index (χ3v) is 6.17. The monoisotopic (exact) mass is 296 g/mol. The van der Waals surface area contributed by atoms with Crippen LogP contribution in [-0.4, -0.2) is 25.8 Å². The molecule has 1 saturated heterocycles. The van der Waals surface area contributed by atoms with Crippen LogP contribution in [0.2, 0.25) is 0 Å². The lowest BCUT2D eigenvalue weighted by Crippen LogP contribution is -2.32. The van der Waals surface area contributed by atoms with E-state index in [-0.39, 0.29) is 5.41 Å². The summed E-state index contributed by atoms with van der Waals surface area (Å²) in [6, 6.07) is 4.99. The summed E-state index contributed by atoms with van der Waals surface area (Å²) in [5.41, 5.74) is 7.24. The van der Waals surface area contributed by atoms with E-state index in [1.54, 1.807) is 29.4 Å². The van der Waals surface area contributed by atoms with Gasteiger partial charge >= 0.3 is 0 Å². The molecule has 20 heavy (non-hydrogen) atoms. The summed E-state index contributed by atoms with van der Waals surface area (Å²) in [4.78, 5) is 0.381. The van der Waals surface area contributed by atoms with Crippen LogP contribution in [0.25, 0.3) is 0 Å². The van der Waals surface area contributed by atoms with Gasteiger partial charge in [0.05, 0.1) is 4.90 Å². The number of benzene rings is 1. The molecule has 0 bridgehead atoms. The van der Waals surface area contributed by atoms with E-state index in [9.17, 15) is 8.42 Å². The fourth-order valence-electron chi connectivity index (χ4n) is 2.74. The summed E-state index contributed by atoms with van der Waals surface area (Å²) in [6.45, 7) is 7.41. The molecule has 0 radical (unpaired) electrons. The molecule has 0 atom stereocenters. The third-order valence-electron chi connectivity index (χ3n) is 4.12. The van der Waals surface area contributed by atoms with E-state index < -0.39 is 10.0 Å². The van der Waals surface area contributed by atoms with Gasteiger partial charge in [0.1, 0.15) is 0 Å². The van der Waals surface area contributed by atoms with Crippen LogP contribution >= 0.6 is 0 Å². The normalized spacial score (nSPS) is 20.6. The maximum atomic E-state index is 12.8. The maximum Gasteiger partial charge on any atom is 0.243 e. The number of rotatable bonds is 2. The van der Waals surface area contributed by atoms with Crippen molar-refractivity contribution in [2.24, 2.45) is 5.41 Å². The number of nitrogens with zero attached hydrogens (tertiary/aromatic N) is 1. The molecule has 1 aliphatic rings. The van der Waals surface area contributed by atoms with E-state index in [1.807, 2.05) is 0 Å². The second kappa shape index (κ2) is 5.37. The number of sulfonamides is 1. The molecular weight excluding hydrogens is 272 g/mol. The van der Waals surface area contributed by atoms with Crippen LogP contribution < -0.4 is 5.73 Å². The number of anilines is 1. The molecule has 1 aromatic carbocycles. The van der Waals surface area contributed by atoms with Gasteiger partial charge in [0.15, 0.2) is 0 Å². The Kier molecular flexibility index (Phi) is 4.12. The molecule has 5 heteroatoms. The molecule has 0 aromatic heterocycles. The molecule has 0 aliphatic carbocycles. The molecule has 1 heterocycles. The molecule has 0 spiro atoms. The van der Waals surface area contributed by atoms with Gasteiger partial charge in [-0.1, -0.05) is 13.8 Å². The number of nitrogens with two attached hydrogens (primary N) is 1. The van der Waals surface area contributed by atoms with Crippen molar-refractivity contribution in [3.63, 3.8) is 0 Å². The Balaban J connectivity index is 2.30. The summed E-state index contributed by atoms with van der Waals surface area (Å²) in [6.07, 6.45) is 2.89. The lowest BCUT2D eigenvalue weighted by Gasteiger charge is -2.23. The molecule has 1 aliphatic heterocycles. The van der Waals surface area contributed by atoms with Gasteiger partial charge in [-0.05, 0) is 55.4 Å². The van der Waals surface area contributed by atoms with Crippen molar-refractivity contribution in [2.75, 3.05) is 18.8 Å². The SMILES string of the molecule is Cc1cc(N)ccc1S(=O)(=O)N1CCCC(C)(C)CC1. The lowest BCUT2D eigenvalue weighted by atomic mass is 9.85. The Morgan fingerprint density at radius 2 is 1.90 bits per heavy atom. The number of hydrogen-bond donors (Lipinski definition) is 1. The Morgan fingerprint density at radius 1 is 1.20 bits per heavy atom. The highest BCUT2D eigenvalue weighted by Gasteiger charge is 2.31. The number of aryl methyl sites for hydroxylation is 1. The molecule has 0 unspecified atom stereocenters. The third kappa shape index (κ3) is 3.15. The van der Waals surface area contributed by atoms with Gasteiger partial charge in [0.2, 0.25) is 10.0 Å². The largest absolute Gasteiger partial charge is 0.399 e. The Labute approximate surface area is 122 Å². The van der Waals surface area contributed by atoms with E-state index in [1.165, 1.54) is 0 Å². The first-order chi connectivity index (χ1) is 9.22. The van der Waals surface area contributed by atoms with Gasteiger partial charge in [0.25, 0.3) is 0 Å². The zero-order valence-corrected chi connectivity index (χ0v) is 13.3. The standard InChI is InChI=1S/C15H24N2O2S/c1-12-11-13(16)5-6-14(12)20(18,19)17-9-4-7-15(2,3)8-10-17/h5-6,11H,4,7-10,16H2,1-3H3. The summed E-state index contributed by atoms with van der Waals surface area (Å²) in [5, 5.41) is 0. The van der Waals surface area contributed by atoms with Crippen molar-refractivity contribution in [1.82, 2.24) is 4.31 Å². The van der Waals surface area contributed by atoms with Gasteiger partial charge in [-0.3, -0.25) is 0 Å². The van der Waals surface area contributed by atoms with Crippen LogP contribution in [0.4, 0.5) is 5.69 Å². The van der Waals surface area contributed by atoms with E-state index in [4.69, 9.17) is 5.73 Å². The van der Waals surface area contributed by atoms with Crippen LogP contribution in [0, 0.1) is 12.3 Å². The Bertz CT molecular complexity index is 594. The minimum absolute atomic E-state index is 0.223. The summed E-state index contributed by atoms with van der Waals surface area (Å²) >= 11 is 0. The number of nitrogen functional groups attached to an aromatic ring is 1. The van der Waals surface area contributed by atoms with Crippen molar-refractivity contribution < 1.29 is 8.42 Å². The summed E-state index contributed by atoms with van der Waals surface area (Å²) < 4.78 is 27.2. The van der Waals surface area contributed by atoms with Crippen molar-refractivity contribution >= 4 is 15.7 Å². The first-order valence-corrected chi connectivity index (χ1v) is 8.53. The fraction of sp³-hybridized carbons (Fsp3) is 0.600. The van der Waals surface area contributed by atoms with Gasteiger partial charge in [-0.2, -0.15) is 4.31 Å². The van der Waals surface area contributed by atoms with Crippen molar-refractivity contribution in [3.05, 3.63) is 23.8 Å². The smallest absolute Gasteiger partial charge is 0.243 e. The van der Waals surface area contributed by atoms with Gasteiger partial charge in [0, 0.05) is 18.8 Å². The van der Waals surface area contributed by atoms with Crippen LogP contribution in [0.5, 0.6) is 0 Å². The minimum Gasteiger partial charge on any atom is -0.399 e. The molecular formula is C15H24N2O2S. The first kappa shape index (κ1) is 15.3. The molecule has 4 nitrogen and oxygen atoms in total. The first-order valence-electron chi connectivity index (χ1n) is 7.09. The van der Waals surface area contributed by atoms with Crippen LogP contribution in [0.1, 0.15) is 38.7 Å². The van der Waals surface area contributed by atoms with Crippen LogP contribution in [0.15, 0.2) is 23.1 Å². The van der Waals surface area contributed by atoms with Gasteiger partial charge in [-0.15, -0.1) is 0 Å². The maximum absolute atomic E-state index is 12.8. The van der Waals surface area contributed by atoms with Crippen molar-refractivity contribution in [1.29, 1.82) is 0 Å². The fourth-order valence-corrected chi connectivity index (χ4v) is 4.42. The molecule has 2 N–H and O–H groups in total. The minimum atomic E-state index is -3.41. The van der Waals surface area contributed by atoms with E-state index in [0.29, 0.717) is 29.2 Å². The van der Waals surface area contributed by atoms with Crippen molar-refractivity contribution in [3.8, 4) is 0 Å². The average Bonchev–Trinajstić information content (AvgIpc) is 2.50. The summed E-state index contributed by atoms with van der Waals surface area (Å²) in [5.74, 6) is 0. The number of hydrogen-bond acceptors (Lipinski definition) is 3. The highest BCUT2D eigenvalue weighted by molar-refractivity contribution is 7.89. The molecule has 1 aromatic rings. The highest BCUT2D eigenvalue weighted by Crippen LogP contribution is 2.32. The quantitative estimate of drug-likeness (QED) is 0.854. The average molecular weight is 296 g/mol.